The Balaban J connectivity index is 2.81. The SMILES string of the molecule is CCC(CCO)CNS(=O)(=O)c1ccc(Br)cc1Cl. The molecule has 1 aromatic carbocycles. The molecule has 0 heterocycles. The molecule has 0 bridgehead atoms. The van der Waals surface area contributed by atoms with Crippen LogP contribution in [0.2, 0.25) is 5.02 Å². The zero-order valence-electron chi connectivity index (χ0n) is 10.6. The van der Waals surface area contributed by atoms with Crippen LogP contribution >= 0.6 is 27.5 Å². The summed E-state index contributed by atoms with van der Waals surface area (Å²) in [5.74, 6) is 0.119. The van der Waals surface area contributed by atoms with Crippen LogP contribution in [0, 0.1) is 5.92 Å². The molecule has 0 aliphatic rings. The second kappa shape index (κ2) is 7.59. The lowest BCUT2D eigenvalue weighted by molar-refractivity contribution is 0.254. The van der Waals surface area contributed by atoms with Gasteiger partial charge in [0.1, 0.15) is 4.90 Å². The monoisotopic (exact) mass is 369 g/mol. The van der Waals surface area contributed by atoms with Gasteiger partial charge in [-0.1, -0.05) is 40.9 Å². The van der Waals surface area contributed by atoms with Gasteiger partial charge < -0.3 is 5.11 Å². The van der Waals surface area contributed by atoms with Crippen LogP contribution in [0.4, 0.5) is 0 Å². The van der Waals surface area contributed by atoms with Gasteiger partial charge in [-0.05, 0) is 30.5 Å². The minimum atomic E-state index is -3.62. The quantitative estimate of drug-likeness (QED) is 0.775. The van der Waals surface area contributed by atoms with Crippen LogP contribution in [0.1, 0.15) is 19.8 Å². The Kier molecular flexibility index (Phi) is 6.76. The Bertz CT molecular complexity index is 522. The molecule has 7 heteroatoms. The molecule has 108 valence electrons. The highest BCUT2D eigenvalue weighted by Crippen LogP contribution is 2.25. The highest BCUT2D eigenvalue weighted by atomic mass is 79.9. The van der Waals surface area contributed by atoms with E-state index in [9.17, 15) is 8.42 Å². The van der Waals surface area contributed by atoms with Gasteiger partial charge in [-0.2, -0.15) is 0 Å². The molecule has 0 aromatic heterocycles. The minimum absolute atomic E-state index is 0.0548. The van der Waals surface area contributed by atoms with E-state index in [0.717, 1.165) is 10.9 Å². The van der Waals surface area contributed by atoms with Crippen molar-refractivity contribution in [2.24, 2.45) is 5.92 Å². The second-order valence-corrected chi connectivity index (χ2v) is 7.27. The van der Waals surface area contributed by atoms with Gasteiger partial charge in [-0.25, -0.2) is 13.1 Å². The molecule has 0 fully saturated rings. The van der Waals surface area contributed by atoms with E-state index in [2.05, 4.69) is 20.7 Å². The summed E-state index contributed by atoms with van der Waals surface area (Å²) in [6.07, 6.45) is 1.38. The average Bonchev–Trinajstić information content (AvgIpc) is 2.34. The predicted octanol–water partition coefficient (Wildman–Crippen LogP) is 2.79. The Hall–Kier alpha value is -0.140. The molecule has 4 nitrogen and oxygen atoms in total. The first-order chi connectivity index (χ1) is 8.90. The Morgan fingerprint density at radius 1 is 1.47 bits per heavy atom. The zero-order chi connectivity index (χ0) is 14.5. The average molecular weight is 371 g/mol. The van der Waals surface area contributed by atoms with Crippen LogP contribution < -0.4 is 4.72 Å². The predicted molar refractivity (Wildman–Crippen MR) is 79.8 cm³/mol. The van der Waals surface area contributed by atoms with Crippen molar-refractivity contribution in [2.45, 2.75) is 24.7 Å². The zero-order valence-corrected chi connectivity index (χ0v) is 13.7. The molecule has 0 saturated heterocycles. The smallest absolute Gasteiger partial charge is 0.242 e. The van der Waals surface area contributed by atoms with Crippen LogP contribution in [-0.2, 0) is 10.0 Å². The van der Waals surface area contributed by atoms with Gasteiger partial charge in [0.15, 0.2) is 0 Å². The van der Waals surface area contributed by atoms with Crippen molar-refractivity contribution in [3.05, 3.63) is 27.7 Å². The lowest BCUT2D eigenvalue weighted by Crippen LogP contribution is -2.29. The minimum Gasteiger partial charge on any atom is -0.396 e. The van der Waals surface area contributed by atoms with Crippen molar-refractivity contribution in [1.29, 1.82) is 0 Å². The molecule has 1 atom stereocenters. The third-order valence-corrected chi connectivity index (χ3v) is 5.26. The lowest BCUT2D eigenvalue weighted by atomic mass is 10.0. The first kappa shape index (κ1) is 16.9. The van der Waals surface area contributed by atoms with Crippen molar-refractivity contribution in [1.82, 2.24) is 4.72 Å². The summed E-state index contributed by atoms with van der Waals surface area (Å²) in [5.41, 5.74) is 0. The fourth-order valence-corrected chi connectivity index (χ4v) is 3.78. The molecule has 0 aliphatic heterocycles. The maximum absolute atomic E-state index is 12.1. The summed E-state index contributed by atoms with van der Waals surface area (Å²) in [6.45, 7) is 2.31. The third kappa shape index (κ3) is 5.04. The molecule has 1 unspecified atom stereocenters. The van der Waals surface area contributed by atoms with Crippen LogP contribution in [-0.4, -0.2) is 26.7 Å². The largest absolute Gasteiger partial charge is 0.396 e. The Labute approximate surface area is 127 Å². The number of rotatable bonds is 7. The van der Waals surface area contributed by atoms with Gasteiger partial charge in [0.05, 0.1) is 5.02 Å². The molecule has 19 heavy (non-hydrogen) atoms. The van der Waals surface area contributed by atoms with Crippen LogP contribution in [0.5, 0.6) is 0 Å². The highest BCUT2D eigenvalue weighted by Gasteiger charge is 2.19. The maximum atomic E-state index is 12.1. The molecule has 1 rings (SSSR count). The fraction of sp³-hybridized carbons (Fsp3) is 0.500. The van der Waals surface area contributed by atoms with E-state index in [1.165, 1.54) is 6.07 Å². The van der Waals surface area contributed by atoms with E-state index in [-0.39, 0.29) is 22.4 Å². The molecular weight excluding hydrogens is 354 g/mol. The van der Waals surface area contributed by atoms with Gasteiger partial charge in [-0.3, -0.25) is 0 Å². The molecule has 0 radical (unpaired) electrons. The third-order valence-electron chi connectivity index (χ3n) is 2.86. The highest BCUT2D eigenvalue weighted by molar-refractivity contribution is 9.10. The summed E-state index contributed by atoms with van der Waals surface area (Å²) in [4.78, 5) is 0.0659. The van der Waals surface area contributed by atoms with Crippen molar-refractivity contribution in [3.8, 4) is 0 Å². The number of aliphatic hydroxyl groups is 1. The number of aliphatic hydroxyl groups excluding tert-OH is 1. The van der Waals surface area contributed by atoms with Crippen molar-refractivity contribution >= 4 is 37.6 Å². The number of hydrogen-bond acceptors (Lipinski definition) is 3. The standard InChI is InChI=1S/C12H17BrClNO3S/c1-2-9(5-6-16)8-15-19(17,18)12-4-3-10(13)7-11(12)14/h3-4,7,9,15-16H,2,5-6,8H2,1H3. The Morgan fingerprint density at radius 2 is 2.16 bits per heavy atom. The van der Waals surface area contributed by atoms with E-state index in [0.29, 0.717) is 13.0 Å². The summed E-state index contributed by atoms with van der Waals surface area (Å²) >= 11 is 9.16. The van der Waals surface area contributed by atoms with E-state index >= 15 is 0 Å². The number of nitrogens with one attached hydrogen (secondary N) is 1. The van der Waals surface area contributed by atoms with Crippen LogP contribution in [0.3, 0.4) is 0 Å². The van der Waals surface area contributed by atoms with Gasteiger partial charge in [0, 0.05) is 17.6 Å². The summed E-state index contributed by atoms with van der Waals surface area (Å²) < 4.78 is 27.5. The van der Waals surface area contributed by atoms with Crippen molar-refractivity contribution < 1.29 is 13.5 Å². The van der Waals surface area contributed by atoms with Gasteiger partial charge in [0.2, 0.25) is 10.0 Å². The number of hydrogen-bond donors (Lipinski definition) is 2. The van der Waals surface area contributed by atoms with Gasteiger partial charge in [0.25, 0.3) is 0 Å². The lowest BCUT2D eigenvalue weighted by Gasteiger charge is -2.15. The molecule has 2 N–H and O–H groups in total. The Morgan fingerprint density at radius 3 is 2.68 bits per heavy atom. The first-order valence-corrected chi connectivity index (χ1v) is 8.61. The first-order valence-electron chi connectivity index (χ1n) is 5.96. The molecule has 0 amide bonds. The normalized spacial score (nSPS) is 13.5. The molecule has 0 aliphatic carbocycles. The van der Waals surface area contributed by atoms with E-state index in [1.54, 1.807) is 12.1 Å². The maximum Gasteiger partial charge on any atom is 0.242 e. The summed E-state index contributed by atoms with van der Waals surface area (Å²) in [5, 5.41) is 9.06. The van der Waals surface area contributed by atoms with Gasteiger partial charge >= 0.3 is 0 Å². The molecule has 0 spiro atoms. The number of halogens is 2. The number of benzene rings is 1. The van der Waals surface area contributed by atoms with E-state index < -0.39 is 10.0 Å². The van der Waals surface area contributed by atoms with E-state index in [1.807, 2.05) is 6.92 Å². The van der Waals surface area contributed by atoms with Gasteiger partial charge in [-0.15, -0.1) is 0 Å². The summed E-state index contributed by atoms with van der Waals surface area (Å²) in [6, 6.07) is 4.63. The second-order valence-electron chi connectivity index (χ2n) is 4.21. The fourth-order valence-electron chi connectivity index (χ4n) is 1.63. The van der Waals surface area contributed by atoms with Crippen LogP contribution in [0.15, 0.2) is 27.6 Å². The van der Waals surface area contributed by atoms with Crippen LogP contribution in [0.25, 0.3) is 0 Å². The topological polar surface area (TPSA) is 66.4 Å². The van der Waals surface area contributed by atoms with E-state index in [4.69, 9.17) is 16.7 Å². The number of sulfonamides is 1. The molecular formula is C12H17BrClNO3S. The van der Waals surface area contributed by atoms with Crippen molar-refractivity contribution in [2.75, 3.05) is 13.2 Å². The molecule has 0 saturated carbocycles. The van der Waals surface area contributed by atoms with Crippen molar-refractivity contribution in [3.63, 3.8) is 0 Å². The molecule has 1 aromatic rings. The summed E-state index contributed by atoms with van der Waals surface area (Å²) in [7, 11) is -3.62.